The van der Waals surface area contributed by atoms with Crippen molar-refractivity contribution in [2.24, 2.45) is 7.05 Å². The molecule has 5 rings (SSSR count). The lowest BCUT2D eigenvalue weighted by Crippen LogP contribution is -2.14. The van der Waals surface area contributed by atoms with Crippen LogP contribution in [0.5, 0.6) is 5.75 Å². The van der Waals surface area contributed by atoms with Crippen LogP contribution < -0.4 is 10.1 Å². The van der Waals surface area contributed by atoms with Gasteiger partial charge in [-0.3, -0.25) is 4.79 Å². The molecule has 5 aromatic rings. The molecule has 0 spiro atoms. The summed E-state index contributed by atoms with van der Waals surface area (Å²) in [6, 6.07) is 21.9. The number of hydrogen-bond acceptors (Lipinski definition) is 7. The van der Waals surface area contributed by atoms with Gasteiger partial charge in [-0.15, -0.1) is 21.5 Å². The van der Waals surface area contributed by atoms with E-state index in [1.165, 1.54) is 22.0 Å². The van der Waals surface area contributed by atoms with E-state index in [0.29, 0.717) is 17.6 Å². The zero-order valence-corrected chi connectivity index (χ0v) is 21.8. The molecule has 2 aromatic heterocycles. The largest absolute Gasteiger partial charge is 0.486 e. The van der Waals surface area contributed by atoms with Crippen molar-refractivity contribution in [1.29, 1.82) is 0 Å². The van der Waals surface area contributed by atoms with Crippen molar-refractivity contribution in [3.05, 3.63) is 83.7 Å². The Bertz CT molecular complexity index is 1530. The number of thioether (sulfide) groups is 1. The van der Waals surface area contributed by atoms with Gasteiger partial charge in [-0.25, -0.2) is 4.98 Å². The molecule has 182 valence electrons. The fourth-order valence-corrected chi connectivity index (χ4v) is 5.43. The average Bonchev–Trinajstić information content (AvgIpc) is 3.44. The molecule has 0 fully saturated rings. The van der Waals surface area contributed by atoms with Gasteiger partial charge in [0, 0.05) is 18.3 Å². The molecule has 1 N–H and O–H groups in total. The molecular weight excluding hydrogens is 490 g/mol. The minimum absolute atomic E-state index is 0.108. The highest BCUT2D eigenvalue weighted by molar-refractivity contribution is 7.99. The number of aryl methyl sites for hydroxylation is 2. The summed E-state index contributed by atoms with van der Waals surface area (Å²) < 4.78 is 8.84. The molecule has 0 radical (unpaired) electrons. The van der Waals surface area contributed by atoms with Crippen LogP contribution in [0, 0.1) is 13.8 Å². The Kier molecular flexibility index (Phi) is 7.02. The maximum absolute atomic E-state index is 12.5. The number of carbonyl (C=O) groups excluding carboxylic acids is 1. The Balaban J connectivity index is 1.15. The number of carbonyl (C=O) groups is 1. The lowest BCUT2D eigenvalue weighted by Gasteiger charge is -2.08. The summed E-state index contributed by atoms with van der Waals surface area (Å²) in [6.45, 7) is 4.41. The summed E-state index contributed by atoms with van der Waals surface area (Å²) in [4.78, 5) is 17.3. The molecule has 0 bridgehead atoms. The number of nitrogens with one attached hydrogen (secondary N) is 1. The highest BCUT2D eigenvalue weighted by atomic mass is 32.2. The van der Waals surface area contributed by atoms with E-state index in [1.807, 2.05) is 73.1 Å². The summed E-state index contributed by atoms with van der Waals surface area (Å²) >= 11 is 3.01. The first-order chi connectivity index (χ1) is 17.4. The van der Waals surface area contributed by atoms with Gasteiger partial charge in [-0.1, -0.05) is 30.0 Å². The lowest BCUT2D eigenvalue weighted by molar-refractivity contribution is -0.113. The zero-order chi connectivity index (χ0) is 25.1. The molecule has 9 heteroatoms. The van der Waals surface area contributed by atoms with Gasteiger partial charge in [-0.05, 0) is 73.5 Å². The number of hydrogen-bond donors (Lipinski definition) is 1. The Morgan fingerprint density at radius 1 is 1.03 bits per heavy atom. The van der Waals surface area contributed by atoms with Crippen LogP contribution in [0.25, 0.3) is 20.8 Å². The standard InChI is InChI=1S/C27H25N5O2S2/c1-17-5-4-6-21(13-17)34-15-24-30-31-27(32(24)3)35-16-25(33)28-20-10-8-19(9-11-20)26-29-22-12-7-18(2)14-23(22)36-26/h4-14H,15-16H2,1-3H3,(H,28,33). The molecule has 7 nitrogen and oxygen atoms in total. The quantitative estimate of drug-likeness (QED) is 0.255. The third kappa shape index (κ3) is 5.58. The minimum Gasteiger partial charge on any atom is -0.486 e. The maximum Gasteiger partial charge on any atom is 0.234 e. The molecule has 0 atom stereocenters. The van der Waals surface area contributed by atoms with E-state index in [4.69, 9.17) is 9.72 Å². The van der Waals surface area contributed by atoms with E-state index >= 15 is 0 Å². The SMILES string of the molecule is Cc1cccc(OCc2nnc(SCC(=O)Nc3ccc(-c4nc5ccc(C)cc5s4)cc3)n2C)c1. The van der Waals surface area contributed by atoms with Crippen LogP contribution in [0.3, 0.4) is 0 Å². The summed E-state index contributed by atoms with van der Waals surface area (Å²) in [6.07, 6.45) is 0. The van der Waals surface area contributed by atoms with E-state index < -0.39 is 0 Å². The van der Waals surface area contributed by atoms with Crippen molar-refractivity contribution in [2.75, 3.05) is 11.1 Å². The number of aromatic nitrogens is 4. The van der Waals surface area contributed by atoms with Crippen molar-refractivity contribution in [3.8, 4) is 16.3 Å². The second-order valence-electron chi connectivity index (χ2n) is 8.47. The van der Waals surface area contributed by atoms with E-state index in [-0.39, 0.29) is 11.7 Å². The number of ether oxygens (including phenoxy) is 1. The predicted molar refractivity (Wildman–Crippen MR) is 146 cm³/mol. The first-order valence-corrected chi connectivity index (χ1v) is 13.2. The highest BCUT2D eigenvalue weighted by Gasteiger charge is 2.13. The van der Waals surface area contributed by atoms with Crippen molar-refractivity contribution < 1.29 is 9.53 Å². The third-order valence-corrected chi connectivity index (χ3v) is 7.66. The van der Waals surface area contributed by atoms with Gasteiger partial charge in [0.1, 0.15) is 17.4 Å². The highest BCUT2D eigenvalue weighted by Crippen LogP contribution is 2.31. The normalized spacial score (nSPS) is 11.1. The predicted octanol–water partition coefficient (Wildman–Crippen LogP) is 6.02. The number of anilines is 1. The fraction of sp³-hybridized carbons (Fsp3) is 0.185. The third-order valence-electron chi connectivity index (χ3n) is 5.57. The van der Waals surface area contributed by atoms with E-state index in [1.54, 1.807) is 11.3 Å². The first-order valence-electron chi connectivity index (χ1n) is 11.4. The number of thiazole rings is 1. The number of benzene rings is 3. The van der Waals surface area contributed by atoms with Crippen molar-refractivity contribution in [1.82, 2.24) is 19.7 Å². The summed E-state index contributed by atoms with van der Waals surface area (Å²) in [5.41, 5.74) is 5.13. The second kappa shape index (κ2) is 10.5. The molecule has 36 heavy (non-hydrogen) atoms. The van der Waals surface area contributed by atoms with Crippen LogP contribution in [0.4, 0.5) is 5.69 Å². The number of rotatable bonds is 8. The van der Waals surface area contributed by atoms with E-state index in [2.05, 4.69) is 34.6 Å². The summed E-state index contributed by atoms with van der Waals surface area (Å²) in [7, 11) is 1.87. The Hall–Kier alpha value is -3.69. The molecule has 3 aromatic carbocycles. The van der Waals surface area contributed by atoms with Crippen LogP contribution in [0.2, 0.25) is 0 Å². The molecule has 0 unspecified atom stereocenters. The molecule has 0 aliphatic carbocycles. The molecule has 0 aliphatic rings. The number of nitrogens with zero attached hydrogens (tertiary/aromatic N) is 4. The van der Waals surface area contributed by atoms with Crippen LogP contribution >= 0.6 is 23.1 Å². The zero-order valence-electron chi connectivity index (χ0n) is 20.2. The van der Waals surface area contributed by atoms with Crippen LogP contribution in [0.15, 0.2) is 71.9 Å². The Morgan fingerprint density at radius 3 is 2.64 bits per heavy atom. The van der Waals surface area contributed by atoms with Gasteiger partial charge in [0.25, 0.3) is 0 Å². The van der Waals surface area contributed by atoms with E-state index in [0.717, 1.165) is 33.1 Å². The van der Waals surface area contributed by atoms with Gasteiger partial charge in [-0.2, -0.15) is 0 Å². The van der Waals surface area contributed by atoms with Gasteiger partial charge in [0.05, 0.1) is 16.0 Å². The molecule has 2 heterocycles. The van der Waals surface area contributed by atoms with Crippen molar-refractivity contribution in [2.45, 2.75) is 25.6 Å². The minimum atomic E-state index is -0.108. The first kappa shape index (κ1) is 24.0. The molecule has 1 amide bonds. The number of amides is 1. The maximum atomic E-state index is 12.5. The monoisotopic (exact) mass is 515 g/mol. The van der Waals surface area contributed by atoms with Crippen LogP contribution in [0.1, 0.15) is 17.0 Å². The summed E-state index contributed by atoms with van der Waals surface area (Å²) in [5, 5.41) is 13.0. The number of fused-ring (bicyclic) bond motifs is 1. The lowest BCUT2D eigenvalue weighted by atomic mass is 10.2. The summed E-state index contributed by atoms with van der Waals surface area (Å²) in [5.74, 6) is 1.60. The van der Waals surface area contributed by atoms with Crippen LogP contribution in [-0.2, 0) is 18.4 Å². The molecular formula is C27H25N5O2S2. The van der Waals surface area contributed by atoms with Gasteiger partial charge in [0.2, 0.25) is 5.91 Å². The van der Waals surface area contributed by atoms with Gasteiger partial charge >= 0.3 is 0 Å². The molecule has 0 saturated carbocycles. The molecule has 0 saturated heterocycles. The van der Waals surface area contributed by atoms with Gasteiger partial charge < -0.3 is 14.6 Å². The van der Waals surface area contributed by atoms with Gasteiger partial charge in [0.15, 0.2) is 11.0 Å². The van der Waals surface area contributed by atoms with E-state index in [9.17, 15) is 4.79 Å². The average molecular weight is 516 g/mol. The topological polar surface area (TPSA) is 81.9 Å². The van der Waals surface area contributed by atoms with Crippen molar-refractivity contribution in [3.63, 3.8) is 0 Å². The Morgan fingerprint density at radius 2 is 1.83 bits per heavy atom. The molecule has 0 aliphatic heterocycles. The Labute approximate surface area is 217 Å². The van der Waals surface area contributed by atoms with Crippen LogP contribution in [-0.4, -0.2) is 31.4 Å². The smallest absolute Gasteiger partial charge is 0.234 e. The van der Waals surface area contributed by atoms with Crippen molar-refractivity contribution >= 4 is 44.9 Å². The second-order valence-corrected chi connectivity index (χ2v) is 10.4. The fourth-order valence-electron chi connectivity index (χ4n) is 3.63.